The molecule has 2 unspecified atom stereocenters. The molecular formula is C12H20N2OS. The van der Waals surface area contributed by atoms with Crippen LogP contribution < -0.4 is 5.73 Å². The molecule has 1 amide bonds. The Morgan fingerprint density at radius 1 is 1.25 bits per heavy atom. The summed E-state index contributed by atoms with van der Waals surface area (Å²) in [7, 11) is 0. The summed E-state index contributed by atoms with van der Waals surface area (Å²) in [4.78, 5) is 14.1. The first-order valence-electron chi connectivity index (χ1n) is 6.23. The second-order valence-electron chi connectivity index (χ2n) is 5.08. The van der Waals surface area contributed by atoms with Crippen molar-refractivity contribution in [3.05, 3.63) is 0 Å². The fourth-order valence-corrected chi connectivity index (χ4v) is 3.21. The largest absolute Gasteiger partial charge is 0.393 e. The summed E-state index contributed by atoms with van der Waals surface area (Å²) in [5, 5.41) is 0. The van der Waals surface area contributed by atoms with Crippen LogP contribution in [0, 0.1) is 11.8 Å². The topological polar surface area (TPSA) is 46.3 Å². The van der Waals surface area contributed by atoms with Gasteiger partial charge in [0, 0.05) is 13.1 Å². The van der Waals surface area contributed by atoms with Gasteiger partial charge in [-0.1, -0.05) is 31.5 Å². The van der Waals surface area contributed by atoms with Crippen LogP contribution in [0.3, 0.4) is 0 Å². The molecule has 1 aliphatic heterocycles. The molecule has 0 aromatic heterocycles. The predicted octanol–water partition coefficient (Wildman–Crippen LogP) is 1.70. The van der Waals surface area contributed by atoms with Gasteiger partial charge < -0.3 is 10.6 Å². The van der Waals surface area contributed by atoms with E-state index in [4.69, 9.17) is 18.0 Å². The number of hydrogen-bond donors (Lipinski definition) is 1. The van der Waals surface area contributed by atoms with Crippen molar-refractivity contribution in [2.24, 2.45) is 17.6 Å². The number of carbonyl (C=O) groups excluding carboxylic acids is 1. The van der Waals surface area contributed by atoms with E-state index < -0.39 is 0 Å². The van der Waals surface area contributed by atoms with Crippen LogP contribution in [0.1, 0.15) is 38.5 Å². The van der Waals surface area contributed by atoms with Gasteiger partial charge in [-0.3, -0.25) is 4.79 Å². The van der Waals surface area contributed by atoms with E-state index in [0.717, 1.165) is 24.9 Å². The molecule has 1 heterocycles. The lowest BCUT2D eigenvalue weighted by molar-refractivity contribution is -0.132. The summed E-state index contributed by atoms with van der Waals surface area (Å²) in [6.45, 7) is 1.84. The van der Waals surface area contributed by atoms with Crippen LogP contribution in [-0.2, 0) is 4.79 Å². The molecule has 2 fully saturated rings. The second kappa shape index (κ2) is 5.13. The van der Waals surface area contributed by atoms with Gasteiger partial charge in [0.15, 0.2) is 0 Å². The smallest absolute Gasteiger partial charge is 0.229 e. The quantitative estimate of drug-likeness (QED) is 0.747. The third-order valence-electron chi connectivity index (χ3n) is 3.97. The van der Waals surface area contributed by atoms with Gasteiger partial charge in [-0.05, 0) is 24.7 Å². The van der Waals surface area contributed by atoms with Crippen molar-refractivity contribution in [1.82, 2.24) is 4.90 Å². The van der Waals surface area contributed by atoms with E-state index >= 15 is 0 Å². The third-order valence-corrected chi connectivity index (χ3v) is 4.11. The lowest BCUT2D eigenvalue weighted by atomic mass is 9.75. The van der Waals surface area contributed by atoms with E-state index in [9.17, 15) is 4.79 Å². The number of rotatable bonds is 2. The average molecular weight is 240 g/mol. The molecule has 2 atom stereocenters. The highest BCUT2D eigenvalue weighted by Crippen LogP contribution is 2.36. The molecular weight excluding hydrogens is 220 g/mol. The molecule has 0 spiro atoms. The van der Waals surface area contributed by atoms with E-state index in [-0.39, 0.29) is 12.3 Å². The van der Waals surface area contributed by atoms with Gasteiger partial charge in [-0.15, -0.1) is 0 Å². The van der Waals surface area contributed by atoms with Gasteiger partial charge in [0.2, 0.25) is 5.91 Å². The molecule has 1 aliphatic carbocycles. The minimum atomic E-state index is 0.122. The zero-order chi connectivity index (χ0) is 11.5. The summed E-state index contributed by atoms with van der Waals surface area (Å²) < 4.78 is 0. The number of thiocarbonyl (C=S) groups is 1. The third kappa shape index (κ3) is 2.73. The number of nitrogens with two attached hydrogens (primary N) is 1. The number of nitrogens with zero attached hydrogens (tertiary/aromatic N) is 1. The zero-order valence-electron chi connectivity index (χ0n) is 9.65. The van der Waals surface area contributed by atoms with E-state index in [1.54, 1.807) is 0 Å². The molecule has 3 nitrogen and oxygen atoms in total. The van der Waals surface area contributed by atoms with E-state index in [1.165, 1.54) is 32.1 Å². The Morgan fingerprint density at radius 2 is 1.94 bits per heavy atom. The van der Waals surface area contributed by atoms with Crippen LogP contribution >= 0.6 is 12.2 Å². The molecule has 4 heteroatoms. The maximum absolute atomic E-state index is 11.8. The maximum Gasteiger partial charge on any atom is 0.229 e. The monoisotopic (exact) mass is 240 g/mol. The lowest BCUT2D eigenvalue weighted by Gasteiger charge is -2.41. The molecule has 0 radical (unpaired) electrons. The van der Waals surface area contributed by atoms with Crippen LogP contribution in [0.25, 0.3) is 0 Å². The molecule has 2 N–H and O–H groups in total. The van der Waals surface area contributed by atoms with Crippen molar-refractivity contribution in [2.75, 3.05) is 13.1 Å². The maximum atomic E-state index is 11.8. The molecule has 0 aromatic carbocycles. The average Bonchev–Trinajstić information content (AvgIpc) is 2.27. The highest BCUT2D eigenvalue weighted by Gasteiger charge is 2.32. The van der Waals surface area contributed by atoms with Crippen LogP contribution in [-0.4, -0.2) is 28.9 Å². The summed E-state index contributed by atoms with van der Waals surface area (Å²) in [6.07, 6.45) is 6.78. The number of piperidine rings is 1. The van der Waals surface area contributed by atoms with Crippen molar-refractivity contribution in [2.45, 2.75) is 38.5 Å². The lowest BCUT2D eigenvalue weighted by Crippen LogP contribution is -2.45. The van der Waals surface area contributed by atoms with Crippen molar-refractivity contribution in [1.29, 1.82) is 0 Å². The first kappa shape index (κ1) is 11.8. The zero-order valence-corrected chi connectivity index (χ0v) is 10.5. The van der Waals surface area contributed by atoms with Gasteiger partial charge >= 0.3 is 0 Å². The van der Waals surface area contributed by atoms with E-state index in [1.807, 2.05) is 4.90 Å². The molecule has 0 bridgehead atoms. The van der Waals surface area contributed by atoms with Gasteiger partial charge in [-0.2, -0.15) is 0 Å². The Kier molecular flexibility index (Phi) is 3.79. The first-order valence-corrected chi connectivity index (χ1v) is 6.63. The molecule has 90 valence electrons. The fourth-order valence-electron chi connectivity index (χ4n) is 3.09. The normalized spacial score (nSPS) is 29.6. The number of amides is 1. The van der Waals surface area contributed by atoms with E-state index in [2.05, 4.69) is 0 Å². The Labute approximate surface area is 102 Å². The molecule has 0 aromatic rings. The Morgan fingerprint density at radius 3 is 2.62 bits per heavy atom. The Bertz CT molecular complexity index is 293. The van der Waals surface area contributed by atoms with Crippen LogP contribution in [0.4, 0.5) is 0 Å². The fraction of sp³-hybridized carbons (Fsp3) is 0.833. The van der Waals surface area contributed by atoms with Crippen molar-refractivity contribution in [3.8, 4) is 0 Å². The summed E-state index contributed by atoms with van der Waals surface area (Å²) >= 11 is 4.79. The second-order valence-corrected chi connectivity index (χ2v) is 5.60. The molecule has 16 heavy (non-hydrogen) atoms. The van der Waals surface area contributed by atoms with Crippen molar-refractivity contribution < 1.29 is 4.79 Å². The Balaban J connectivity index is 1.89. The standard InChI is InChI=1S/C12H20N2OS/c13-11(16)7-12(15)14-6-5-9-3-1-2-4-10(9)8-14/h9-10H,1-8H2,(H2,13,16). The summed E-state index contributed by atoms with van der Waals surface area (Å²) in [6, 6.07) is 0. The SMILES string of the molecule is NC(=S)CC(=O)N1CCC2CCCCC2C1. The van der Waals surface area contributed by atoms with Gasteiger partial charge in [0.05, 0.1) is 11.4 Å². The first-order chi connectivity index (χ1) is 7.66. The van der Waals surface area contributed by atoms with Gasteiger partial charge in [0.1, 0.15) is 0 Å². The number of fused-ring (bicyclic) bond motifs is 1. The minimum absolute atomic E-state index is 0.122. The predicted molar refractivity (Wildman–Crippen MR) is 68.0 cm³/mol. The van der Waals surface area contributed by atoms with Crippen LogP contribution in [0.5, 0.6) is 0 Å². The number of carbonyl (C=O) groups is 1. The van der Waals surface area contributed by atoms with Gasteiger partial charge in [0.25, 0.3) is 0 Å². The molecule has 2 rings (SSSR count). The Hall–Kier alpha value is -0.640. The highest BCUT2D eigenvalue weighted by molar-refractivity contribution is 7.80. The summed E-state index contributed by atoms with van der Waals surface area (Å²) in [5.41, 5.74) is 5.42. The molecule has 2 aliphatic rings. The van der Waals surface area contributed by atoms with Gasteiger partial charge in [-0.25, -0.2) is 0 Å². The molecule has 1 saturated carbocycles. The number of likely N-dealkylation sites (tertiary alicyclic amines) is 1. The van der Waals surface area contributed by atoms with Crippen molar-refractivity contribution in [3.63, 3.8) is 0 Å². The molecule has 1 saturated heterocycles. The van der Waals surface area contributed by atoms with Crippen LogP contribution in [0.15, 0.2) is 0 Å². The van der Waals surface area contributed by atoms with Crippen molar-refractivity contribution >= 4 is 23.1 Å². The highest BCUT2D eigenvalue weighted by atomic mass is 32.1. The van der Waals surface area contributed by atoms with Crippen LogP contribution in [0.2, 0.25) is 0 Å². The van der Waals surface area contributed by atoms with E-state index in [0.29, 0.717) is 4.99 Å². The number of hydrogen-bond acceptors (Lipinski definition) is 2. The minimum Gasteiger partial charge on any atom is -0.393 e. The summed E-state index contributed by atoms with van der Waals surface area (Å²) in [5.74, 6) is 1.72.